The number of fused-ring (bicyclic) bond motifs is 4. The number of nitrogens with zero attached hydrogens (tertiary/aromatic N) is 5. The van der Waals surface area contributed by atoms with E-state index < -0.39 is 34.6 Å². The van der Waals surface area contributed by atoms with Crippen LogP contribution >= 0.6 is 0 Å². The van der Waals surface area contributed by atoms with Crippen LogP contribution in [0.3, 0.4) is 0 Å². The van der Waals surface area contributed by atoms with E-state index in [1.165, 1.54) is 4.90 Å². The second-order valence-electron chi connectivity index (χ2n) is 17.7. The average molecular weight is 743 g/mol. The molecule has 2 aromatic carbocycles. The molecule has 13 heteroatoms. The van der Waals surface area contributed by atoms with Gasteiger partial charge in [0.2, 0.25) is 5.95 Å². The van der Waals surface area contributed by atoms with E-state index in [0.717, 1.165) is 12.8 Å². The number of carbonyl (C=O) groups excluding carboxylic acids is 1. The van der Waals surface area contributed by atoms with Crippen LogP contribution in [0.5, 0.6) is 5.88 Å². The summed E-state index contributed by atoms with van der Waals surface area (Å²) in [5.41, 5.74) is 1.36. The number of imidazole rings is 1. The molecule has 52 heavy (non-hydrogen) atoms. The SMILES string of the molecule is CC(C)CNc1nc(OC(=O)N(c2ccccc2)c2ccccc2)c2c(ncn2C2C[C@@]3(O[Si](C)(C)C)C[C@H]4C[C@]4(O[Si](C)(C)C(C)(C)C)[C@H]3O2)n1. The van der Waals surface area contributed by atoms with Gasteiger partial charge in [-0.05, 0) is 86.7 Å². The third kappa shape index (κ3) is 6.81. The first-order valence-corrected chi connectivity index (χ1v) is 24.9. The van der Waals surface area contributed by atoms with E-state index in [-0.39, 0.29) is 22.6 Å². The second kappa shape index (κ2) is 13.0. The minimum absolute atomic E-state index is 0.0587. The summed E-state index contributed by atoms with van der Waals surface area (Å²) < 4.78 is 29.8. The number of benzene rings is 2. The predicted molar refractivity (Wildman–Crippen MR) is 209 cm³/mol. The summed E-state index contributed by atoms with van der Waals surface area (Å²) >= 11 is 0. The molecule has 2 saturated carbocycles. The molecule has 1 N–H and O–H groups in total. The Labute approximate surface area is 309 Å². The van der Waals surface area contributed by atoms with Crippen LogP contribution in [0.1, 0.15) is 60.1 Å². The molecular weight excluding hydrogens is 689 g/mol. The van der Waals surface area contributed by atoms with E-state index in [1.54, 1.807) is 6.33 Å². The number of hydrogen-bond acceptors (Lipinski definition) is 9. The Kier molecular flexibility index (Phi) is 9.21. The van der Waals surface area contributed by atoms with Crippen LogP contribution in [-0.4, -0.2) is 66.1 Å². The van der Waals surface area contributed by atoms with Crippen LogP contribution in [0.4, 0.5) is 22.1 Å². The summed E-state index contributed by atoms with van der Waals surface area (Å²) in [5.74, 6) is 1.19. The van der Waals surface area contributed by atoms with E-state index in [2.05, 4.69) is 72.7 Å². The lowest BCUT2D eigenvalue weighted by Gasteiger charge is -2.43. The van der Waals surface area contributed by atoms with E-state index in [1.807, 2.05) is 65.2 Å². The molecule has 1 saturated heterocycles. The topological polar surface area (TPSA) is 113 Å². The van der Waals surface area contributed by atoms with Crippen molar-refractivity contribution in [2.75, 3.05) is 16.8 Å². The zero-order valence-corrected chi connectivity index (χ0v) is 34.3. The molecule has 7 rings (SSSR count). The first-order chi connectivity index (χ1) is 24.4. The molecule has 1 unspecified atom stereocenters. The number of rotatable bonds is 11. The summed E-state index contributed by atoms with van der Waals surface area (Å²) in [6.45, 7) is 23.1. The van der Waals surface area contributed by atoms with Crippen LogP contribution in [0.2, 0.25) is 37.8 Å². The largest absolute Gasteiger partial charge is 0.425 e. The molecule has 11 nitrogen and oxygen atoms in total. The summed E-state index contributed by atoms with van der Waals surface area (Å²) in [4.78, 5) is 30.1. The van der Waals surface area contributed by atoms with Crippen molar-refractivity contribution in [3.8, 4) is 5.88 Å². The molecule has 4 aromatic rings. The summed E-state index contributed by atoms with van der Waals surface area (Å²) in [5, 5.41) is 3.36. The minimum Gasteiger partial charge on any atom is -0.409 e. The van der Waals surface area contributed by atoms with Crippen LogP contribution in [0.15, 0.2) is 67.0 Å². The fraction of sp³-hybridized carbons (Fsp3) is 0.538. The molecule has 1 amide bonds. The highest BCUT2D eigenvalue weighted by atomic mass is 28.4. The molecule has 0 radical (unpaired) electrons. The number of aromatic nitrogens is 4. The van der Waals surface area contributed by atoms with Crippen LogP contribution in [0, 0.1) is 11.8 Å². The lowest BCUT2D eigenvalue weighted by Crippen LogP contribution is -2.54. The molecule has 3 aliphatic rings. The second-order valence-corrected chi connectivity index (χ2v) is 26.9. The van der Waals surface area contributed by atoms with Crippen LogP contribution in [-0.2, 0) is 13.6 Å². The van der Waals surface area contributed by atoms with Crippen molar-refractivity contribution in [1.29, 1.82) is 0 Å². The number of amides is 1. The summed E-state index contributed by atoms with van der Waals surface area (Å²) in [6.07, 6.45) is 2.92. The van der Waals surface area contributed by atoms with E-state index in [4.69, 9.17) is 33.3 Å². The smallest absolute Gasteiger partial charge is 0.409 e. The lowest BCUT2D eigenvalue weighted by molar-refractivity contribution is -0.0965. The molecule has 3 heterocycles. The molecule has 278 valence electrons. The van der Waals surface area contributed by atoms with Gasteiger partial charge in [-0.2, -0.15) is 9.97 Å². The molecule has 1 aliphatic heterocycles. The Balaban J connectivity index is 1.28. The van der Waals surface area contributed by atoms with Crippen LogP contribution < -0.4 is 15.0 Å². The predicted octanol–water partition coefficient (Wildman–Crippen LogP) is 9.29. The van der Waals surface area contributed by atoms with Crippen molar-refractivity contribution in [3.63, 3.8) is 0 Å². The zero-order valence-electron chi connectivity index (χ0n) is 32.3. The standard InChI is InChI=1S/C39H54N6O5Si2/c1-26(2)24-40-35-42-32-31(33(43-35)48-36(46)45(28-17-13-11-14-18-28)29-19-15-12-16-20-29)44(25-41-32)30-23-38(49-51(6,7)8)21-27-22-39(27,34(38)47-30)50-52(9,10)37(3,4)5/h11-20,25-27,30,34H,21-24H2,1-10H3,(H,40,42,43)/t27-,30?,34-,38-,39+/m0/s1. The van der Waals surface area contributed by atoms with Crippen molar-refractivity contribution < 1.29 is 23.1 Å². The number of para-hydroxylation sites is 2. The molecule has 0 spiro atoms. The highest BCUT2D eigenvalue weighted by Crippen LogP contribution is 2.70. The Hall–Kier alpha value is -3.63. The third-order valence-corrected chi connectivity index (χ3v) is 16.5. The van der Waals surface area contributed by atoms with Crippen molar-refractivity contribution >= 4 is 51.2 Å². The average Bonchev–Trinajstić information content (AvgIpc) is 3.32. The molecule has 5 atom stereocenters. The fourth-order valence-electron chi connectivity index (χ4n) is 7.73. The number of nitrogens with one attached hydrogen (secondary N) is 1. The van der Waals surface area contributed by atoms with Crippen molar-refractivity contribution in [2.24, 2.45) is 11.8 Å². The maximum Gasteiger partial charge on any atom is 0.425 e. The van der Waals surface area contributed by atoms with Gasteiger partial charge in [-0.1, -0.05) is 71.0 Å². The maximum absolute atomic E-state index is 14.3. The Bertz CT molecular complexity index is 1890. The highest BCUT2D eigenvalue weighted by Gasteiger charge is 2.78. The van der Waals surface area contributed by atoms with E-state index in [0.29, 0.717) is 53.3 Å². The normalized spacial score (nSPS) is 25.6. The molecule has 2 aromatic heterocycles. The first-order valence-electron chi connectivity index (χ1n) is 18.6. The summed E-state index contributed by atoms with van der Waals surface area (Å²) in [6, 6.07) is 18.9. The summed E-state index contributed by atoms with van der Waals surface area (Å²) in [7, 11) is -4.15. The number of carbonyl (C=O) groups is 1. The van der Waals surface area contributed by atoms with Gasteiger partial charge < -0.3 is 23.6 Å². The zero-order chi connectivity index (χ0) is 37.3. The molecule has 3 fully saturated rings. The van der Waals surface area contributed by atoms with Gasteiger partial charge in [0, 0.05) is 13.0 Å². The Morgan fingerprint density at radius 1 is 0.962 bits per heavy atom. The maximum atomic E-state index is 14.3. The van der Waals surface area contributed by atoms with Gasteiger partial charge in [0.15, 0.2) is 27.8 Å². The molecule has 0 bridgehead atoms. The van der Waals surface area contributed by atoms with Gasteiger partial charge in [0.05, 0.1) is 28.9 Å². The van der Waals surface area contributed by atoms with Gasteiger partial charge in [-0.25, -0.2) is 14.7 Å². The van der Waals surface area contributed by atoms with Crippen LogP contribution in [0.25, 0.3) is 11.2 Å². The van der Waals surface area contributed by atoms with Gasteiger partial charge in [-0.3, -0.25) is 4.57 Å². The van der Waals surface area contributed by atoms with Crippen molar-refractivity contribution in [1.82, 2.24) is 19.5 Å². The van der Waals surface area contributed by atoms with Gasteiger partial charge in [0.1, 0.15) is 12.3 Å². The fourth-order valence-corrected chi connectivity index (χ4v) is 10.8. The molecule has 2 aliphatic carbocycles. The van der Waals surface area contributed by atoms with Gasteiger partial charge in [-0.15, -0.1) is 0 Å². The van der Waals surface area contributed by atoms with E-state index >= 15 is 0 Å². The lowest BCUT2D eigenvalue weighted by atomic mass is 9.92. The van der Waals surface area contributed by atoms with Gasteiger partial charge in [0.25, 0.3) is 5.88 Å². The van der Waals surface area contributed by atoms with Gasteiger partial charge >= 0.3 is 6.09 Å². The van der Waals surface area contributed by atoms with E-state index in [9.17, 15) is 4.79 Å². The number of ether oxygens (including phenoxy) is 2. The molecular formula is C39H54N6O5Si2. The van der Waals surface area contributed by atoms with Crippen molar-refractivity contribution in [2.45, 2.75) is 115 Å². The quantitative estimate of drug-likeness (QED) is 0.150. The monoisotopic (exact) mass is 742 g/mol. The van der Waals surface area contributed by atoms with Crippen molar-refractivity contribution in [3.05, 3.63) is 67.0 Å². The first kappa shape index (κ1) is 36.7. The third-order valence-electron chi connectivity index (χ3n) is 11.0. The Morgan fingerprint density at radius 3 is 2.17 bits per heavy atom. The minimum atomic E-state index is -2.13. The Morgan fingerprint density at radius 2 is 1.60 bits per heavy atom. The number of anilines is 3. The highest BCUT2D eigenvalue weighted by molar-refractivity contribution is 6.74. The number of hydrogen-bond donors (Lipinski definition) is 1.